The number of hydrogen-bond donors (Lipinski definition) is 0. The Kier molecular flexibility index (Phi) is 7.51. The summed E-state index contributed by atoms with van der Waals surface area (Å²) in [5, 5.41) is 2.08. The zero-order valence-electron chi connectivity index (χ0n) is 16.5. The van der Waals surface area contributed by atoms with E-state index in [4.69, 9.17) is 0 Å². The van der Waals surface area contributed by atoms with Crippen LogP contribution in [0.15, 0.2) is 53.3 Å². The molecule has 1 aromatic heterocycles. The fourth-order valence-electron chi connectivity index (χ4n) is 3.07. The van der Waals surface area contributed by atoms with Gasteiger partial charge in [0.2, 0.25) is 15.9 Å². The minimum atomic E-state index is -3.49. The highest BCUT2D eigenvalue weighted by molar-refractivity contribution is 7.99. The molecular formula is C20H26N4O3S2. The largest absolute Gasteiger partial charge is 0.339 e. The summed E-state index contributed by atoms with van der Waals surface area (Å²) >= 11 is 1.43. The zero-order chi connectivity index (χ0) is 20.7. The first kappa shape index (κ1) is 21.6. The minimum absolute atomic E-state index is 0.0120. The van der Waals surface area contributed by atoms with Crippen LogP contribution < -0.4 is 0 Å². The van der Waals surface area contributed by atoms with Crippen LogP contribution in [0.5, 0.6) is 0 Å². The first-order valence-electron chi connectivity index (χ1n) is 9.64. The number of piperazine rings is 1. The van der Waals surface area contributed by atoms with Gasteiger partial charge < -0.3 is 9.47 Å². The number of aryl methyl sites for hydroxylation is 1. The number of thioether (sulfide) groups is 1. The molecule has 0 bridgehead atoms. The highest BCUT2D eigenvalue weighted by Gasteiger charge is 2.27. The number of rotatable bonds is 8. The SMILES string of the molecule is CCCn1ccnc1SCC(=O)N1CCN(S(=O)(=O)C=Cc2ccccc2)CC1. The van der Waals surface area contributed by atoms with Crippen LogP contribution in [0.2, 0.25) is 0 Å². The number of aromatic nitrogens is 2. The van der Waals surface area contributed by atoms with Crippen molar-refractivity contribution in [2.75, 3.05) is 31.9 Å². The molecule has 2 aromatic rings. The summed E-state index contributed by atoms with van der Waals surface area (Å²) in [5.41, 5.74) is 0.836. The Bertz CT molecular complexity index is 934. The Balaban J connectivity index is 1.49. The van der Waals surface area contributed by atoms with Crippen molar-refractivity contribution in [3.05, 3.63) is 53.7 Å². The van der Waals surface area contributed by atoms with Crippen LogP contribution in [0, 0.1) is 0 Å². The molecule has 9 heteroatoms. The summed E-state index contributed by atoms with van der Waals surface area (Å²) in [6, 6.07) is 9.32. The number of carbonyl (C=O) groups excluding carboxylic acids is 1. The molecule has 156 valence electrons. The summed E-state index contributed by atoms with van der Waals surface area (Å²) < 4.78 is 28.5. The minimum Gasteiger partial charge on any atom is -0.339 e. The third kappa shape index (κ3) is 5.94. The number of imidazole rings is 1. The van der Waals surface area contributed by atoms with Gasteiger partial charge in [0.1, 0.15) is 0 Å². The molecule has 0 atom stereocenters. The van der Waals surface area contributed by atoms with Crippen LogP contribution in [-0.2, 0) is 21.4 Å². The van der Waals surface area contributed by atoms with Gasteiger partial charge in [0.25, 0.3) is 0 Å². The lowest BCUT2D eigenvalue weighted by Gasteiger charge is -2.33. The summed E-state index contributed by atoms with van der Waals surface area (Å²) in [5.74, 6) is 0.319. The molecule has 1 saturated heterocycles. The van der Waals surface area contributed by atoms with Crippen molar-refractivity contribution >= 4 is 33.8 Å². The Labute approximate surface area is 176 Å². The molecule has 1 amide bonds. The first-order chi connectivity index (χ1) is 14.0. The molecule has 0 saturated carbocycles. The molecule has 3 rings (SSSR count). The molecular weight excluding hydrogens is 408 g/mol. The molecule has 1 aliphatic rings. The fraction of sp³-hybridized carbons (Fsp3) is 0.400. The number of benzene rings is 1. The number of nitrogens with zero attached hydrogens (tertiary/aromatic N) is 4. The van der Waals surface area contributed by atoms with Gasteiger partial charge in [0.05, 0.1) is 5.75 Å². The van der Waals surface area contributed by atoms with Gasteiger partial charge in [-0.1, -0.05) is 49.0 Å². The molecule has 29 heavy (non-hydrogen) atoms. The van der Waals surface area contributed by atoms with Gasteiger partial charge in [0, 0.05) is 50.5 Å². The van der Waals surface area contributed by atoms with Gasteiger partial charge in [-0.2, -0.15) is 4.31 Å². The highest BCUT2D eigenvalue weighted by Crippen LogP contribution is 2.18. The van der Waals surface area contributed by atoms with Crippen LogP contribution in [0.3, 0.4) is 0 Å². The van der Waals surface area contributed by atoms with Gasteiger partial charge in [-0.15, -0.1) is 0 Å². The van der Waals surface area contributed by atoms with Crippen LogP contribution >= 0.6 is 11.8 Å². The zero-order valence-corrected chi connectivity index (χ0v) is 18.1. The Morgan fingerprint density at radius 3 is 2.59 bits per heavy atom. The van der Waals surface area contributed by atoms with Crippen LogP contribution in [0.25, 0.3) is 6.08 Å². The van der Waals surface area contributed by atoms with E-state index in [0.29, 0.717) is 31.9 Å². The van der Waals surface area contributed by atoms with Gasteiger partial charge >= 0.3 is 0 Å². The van der Waals surface area contributed by atoms with E-state index in [-0.39, 0.29) is 5.91 Å². The maximum absolute atomic E-state index is 12.5. The molecule has 0 N–H and O–H groups in total. The maximum atomic E-state index is 12.5. The van der Waals surface area contributed by atoms with Crippen LogP contribution in [0.1, 0.15) is 18.9 Å². The quantitative estimate of drug-likeness (QED) is 0.597. The summed E-state index contributed by atoms with van der Waals surface area (Å²) in [4.78, 5) is 18.5. The molecule has 1 aliphatic heterocycles. The average Bonchev–Trinajstić information content (AvgIpc) is 3.19. The molecule has 0 spiro atoms. The van der Waals surface area contributed by atoms with Crippen molar-refractivity contribution < 1.29 is 13.2 Å². The van der Waals surface area contributed by atoms with Crippen molar-refractivity contribution in [3.8, 4) is 0 Å². The lowest BCUT2D eigenvalue weighted by atomic mass is 10.2. The smallest absolute Gasteiger partial charge is 0.236 e. The van der Waals surface area contributed by atoms with Crippen LogP contribution in [-0.4, -0.2) is 65.0 Å². The third-order valence-corrected chi connectivity index (χ3v) is 7.20. The number of hydrogen-bond acceptors (Lipinski definition) is 5. The lowest BCUT2D eigenvalue weighted by molar-refractivity contribution is -0.129. The third-order valence-electron chi connectivity index (χ3n) is 4.65. The highest BCUT2D eigenvalue weighted by atomic mass is 32.2. The second-order valence-electron chi connectivity index (χ2n) is 6.73. The Morgan fingerprint density at radius 1 is 1.17 bits per heavy atom. The summed E-state index contributed by atoms with van der Waals surface area (Å²) in [6.07, 6.45) is 6.27. The van der Waals surface area contributed by atoms with Crippen LogP contribution in [0.4, 0.5) is 0 Å². The van der Waals surface area contributed by atoms with Crippen molar-refractivity contribution in [3.63, 3.8) is 0 Å². The van der Waals surface area contributed by atoms with E-state index in [9.17, 15) is 13.2 Å². The topological polar surface area (TPSA) is 75.5 Å². The molecule has 2 heterocycles. The maximum Gasteiger partial charge on any atom is 0.236 e. The predicted octanol–water partition coefficient (Wildman–Crippen LogP) is 2.53. The Hall–Kier alpha value is -2.10. The predicted molar refractivity (Wildman–Crippen MR) is 116 cm³/mol. The standard InChI is InChI=1S/C20H26N4O3S2/c1-2-10-23-11-9-21-20(23)28-17-19(25)22-12-14-24(15-13-22)29(26,27)16-8-18-6-4-3-5-7-18/h3-9,11,16H,2,10,12-15,17H2,1H3. The van der Waals surface area contributed by atoms with E-state index in [1.165, 1.54) is 21.5 Å². The van der Waals surface area contributed by atoms with E-state index >= 15 is 0 Å². The average molecular weight is 435 g/mol. The number of amides is 1. The van der Waals surface area contributed by atoms with E-state index in [2.05, 4.69) is 11.9 Å². The van der Waals surface area contributed by atoms with Gasteiger partial charge in [-0.3, -0.25) is 4.79 Å². The van der Waals surface area contributed by atoms with E-state index < -0.39 is 10.0 Å². The molecule has 0 unspecified atom stereocenters. The lowest BCUT2D eigenvalue weighted by Crippen LogP contribution is -2.50. The summed E-state index contributed by atoms with van der Waals surface area (Å²) in [6.45, 7) is 4.40. The molecule has 1 fully saturated rings. The van der Waals surface area contributed by atoms with Gasteiger partial charge in [0.15, 0.2) is 5.16 Å². The molecule has 0 radical (unpaired) electrons. The van der Waals surface area contributed by atoms with E-state index in [0.717, 1.165) is 23.7 Å². The van der Waals surface area contributed by atoms with Crippen molar-refractivity contribution in [2.45, 2.75) is 25.0 Å². The number of carbonyl (C=O) groups is 1. The number of sulfonamides is 1. The second kappa shape index (κ2) is 10.1. The summed E-state index contributed by atoms with van der Waals surface area (Å²) in [7, 11) is -3.49. The molecule has 1 aromatic carbocycles. The van der Waals surface area contributed by atoms with Gasteiger partial charge in [-0.05, 0) is 18.1 Å². The monoisotopic (exact) mass is 434 g/mol. The first-order valence-corrected chi connectivity index (χ1v) is 12.1. The fourth-order valence-corrected chi connectivity index (χ4v) is 5.13. The van der Waals surface area contributed by atoms with E-state index in [1.807, 2.05) is 41.1 Å². The normalized spacial score (nSPS) is 15.8. The van der Waals surface area contributed by atoms with Crippen molar-refractivity contribution in [2.24, 2.45) is 0 Å². The second-order valence-corrected chi connectivity index (χ2v) is 9.49. The van der Waals surface area contributed by atoms with Gasteiger partial charge in [-0.25, -0.2) is 13.4 Å². The molecule has 0 aliphatic carbocycles. The van der Waals surface area contributed by atoms with E-state index in [1.54, 1.807) is 17.2 Å². The Morgan fingerprint density at radius 2 is 1.90 bits per heavy atom. The van der Waals surface area contributed by atoms with Crippen molar-refractivity contribution in [1.29, 1.82) is 0 Å². The van der Waals surface area contributed by atoms with Crippen molar-refractivity contribution in [1.82, 2.24) is 18.8 Å². The molecule has 7 nitrogen and oxygen atoms in total.